The number of carbonyl (C=O) groups excluding carboxylic acids is 1. The van der Waals surface area contributed by atoms with Gasteiger partial charge in [0.2, 0.25) is 0 Å². The lowest BCUT2D eigenvalue weighted by Crippen LogP contribution is -2.40. The van der Waals surface area contributed by atoms with Crippen LogP contribution in [0.25, 0.3) is 0 Å². The summed E-state index contributed by atoms with van der Waals surface area (Å²) in [6.45, 7) is 4.41. The molecule has 1 aliphatic carbocycles. The van der Waals surface area contributed by atoms with Gasteiger partial charge in [-0.3, -0.25) is 9.78 Å². The van der Waals surface area contributed by atoms with Crippen LogP contribution in [0.1, 0.15) is 54.0 Å². The Balaban J connectivity index is 2.07. The number of aromatic carboxylic acids is 1. The van der Waals surface area contributed by atoms with Crippen molar-refractivity contribution in [3.8, 4) is 0 Å². The van der Waals surface area contributed by atoms with Crippen LogP contribution in [0.5, 0.6) is 0 Å². The number of amides is 1. The van der Waals surface area contributed by atoms with Gasteiger partial charge in [-0.25, -0.2) is 4.79 Å². The highest BCUT2D eigenvalue weighted by Gasteiger charge is 2.27. The molecule has 0 spiro atoms. The second kappa shape index (κ2) is 6.03. The number of rotatable bonds is 3. The average Bonchev–Trinajstić information content (AvgIpc) is 2.43. The van der Waals surface area contributed by atoms with Crippen LogP contribution in [0.15, 0.2) is 18.3 Å². The van der Waals surface area contributed by atoms with Crippen LogP contribution in [0.2, 0.25) is 0 Å². The monoisotopic (exact) mass is 276 g/mol. The lowest BCUT2D eigenvalue weighted by molar-refractivity contribution is 0.0688. The molecule has 1 aromatic heterocycles. The highest BCUT2D eigenvalue weighted by molar-refractivity contribution is 6.03. The van der Waals surface area contributed by atoms with Gasteiger partial charge in [-0.15, -0.1) is 0 Å². The molecule has 20 heavy (non-hydrogen) atoms. The molecule has 2 N–H and O–H groups in total. The average molecular weight is 276 g/mol. The van der Waals surface area contributed by atoms with Crippen molar-refractivity contribution in [2.45, 2.75) is 39.2 Å². The van der Waals surface area contributed by atoms with E-state index in [4.69, 9.17) is 5.11 Å². The molecule has 3 atom stereocenters. The van der Waals surface area contributed by atoms with Crippen molar-refractivity contribution >= 4 is 11.9 Å². The van der Waals surface area contributed by atoms with Gasteiger partial charge < -0.3 is 10.4 Å². The van der Waals surface area contributed by atoms with Crippen molar-refractivity contribution in [3.63, 3.8) is 0 Å². The Bertz CT molecular complexity index is 516. The van der Waals surface area contributed by atoms with E-state index in [1.807, 2.05) is 0 Å². The summed E-state index contributed by atoms with van der Waals surface area (Å²) in [5.41, 5.74) is -0.0616. The van der Waals surface area contributed by atoms with Crippen molar-refractivity contribution in [1.82, 2.24) is 10.3 Å². The zero-order valence-electron chi connectivity index (χ0n) is 11.8. The molecular formula is C15H20N2O3. The summed E-state index contributed by atoms with van der Waals surface area (Å²) >= 11 is 0. The molecule has 1 aromatic rings. The number of carboxylic acid groups (broad SMARTS) is 1. The maximum absolute atomic E-state index is 12.2. The Morgan fingerprint density at radius 1 is 1.30 bits per heavy atom. The summed E-state index contributed by atoms with van der Waals surface area (Å²) in [5.74, 6) is -0.284. The van der Waals surface area contributed by atoms with Gasteiger partial charge in [-0.2, -0.15) is 0 Å². The first-order valence-electron chi connectivity index (χ1n) is 6.98. The minimum Gasteiger partial charge on any atom is -0.478 e. The number of hydrogen-bond donors (Lipinski definition) is 2. The largest absolute Gasteiger partial charge is 0.478 e. The van der Waals surface area contributed by atoms with Crippen molar-refractivity contribution in [2.24, 2.45) is 11.8 Å². The second-order valence-electron chi connectivity index (χ2n) is 5.64. The quantitative estimate of drug-likeness (QED) is 0.888. The van der Waals surface area contributed by atoms with Gasteiger partial charge in [0, 0.05) is 12.2 Å². The van der Waals surface area contributed by atoms with Crippen LogP contribution >= 0.6 is 0 Å². The van der Waals surface area contributed by atoms with Crippen LogP contribution in [-0.4, -0.2) is 28.0 Å². The molecule has 0 saturated heterocycles. The summed E-state index contributed by atoms with van der Waals surface area (Å²) in [6.07, 6.45) is 4.39. The molecule has 1 fully saturated rings. The fourth-order valence-corrected chi connectivity index (χ4v) is 2.69. The molecule has 1 heterocycles. The first kappa shape index (κ1) is 14.5. The van der Waals surface area contributed by atoms with Gasteiger partial charge >= 0.3 is 5.97 Å². The fraction of sp³-hybridized carbons (Fsp3) is 0.533. The summed E-state index contributed by atoms with van der Waals surface area (Å²) < 4.78 is 0. The lowest BCUT2D eigenvalue weighted by atomic mass is 9.79. The van der Waals surface area contributed by atoms with E-state index in [-0.39, 0.29) is 17.3 Å². The zero-order chi connectivity index (χ0) is 14.7. The lowest BCUT2D eigenvalue weighted by Gasteiger charge is -2.32. The Morgan fingerprint density at radius 3 is 2.70 bits per heavy atom. The minimum atomic E-state index is -1.13. The number of pyridine rings is 1. The SMILES string of the molecule is CC1CCC(NC(=O)c2ncccc2C(=O)O)CC1C. The third-order valence-corrected chi connectivity index (χ3v) is 4.19. The van der Waals surface area contributed by atoms with E-state index in [1.165, 1.54) is 18.3 Å². The summed E-state index contributed by atoms with van der Waals surface area (Å²) in [6, 6.07) is 3.03. The van der Waals surface area contributed by atoms with Crippen molar-refractivity contribution in [1.29, 1.82) is 0 Å². The predicted molar refractivity (Wildman–Crippen MR) is 74.6 cm³/mol. The van der Waals surface area contributed by atoms with Crippen LogP contribution in [0.4, 0.5) is 0 Å². The standard InChI is InChI=1S/C15H20N2O3/c1-9-5-6-11(8-10(9)2)17-14(18)13-12(15(19)20)4-3-7-16-13/h3-4,7,9-11H,5-6,8H2,1-2H3,(H,17,18)(H,19,20). The first-order valence-corrected chi connectivity index (χ1v) is 6.98. The number of aromatic nitrogens is 1. The molecule has 0 aromatic carbocycles. The van der Waals surface area contributed by atoms with E-state index in [0.29, 0.717) is 11.8 Å². The maximum atomic E-state index is 12.2. The maximum Gasteiger partial charge on any atom is 0.338 e. The third kappa shape index (κ3) is 3.15. The molecule has 0 aliphatic heterocycles. The van der Waals surface area contributed by atoms with Gasteiger partial charge in [0.25, 0.3) is 5.91 Å². The first-order chi connectivity index (χ1) is 9.49. The molecule has 1 saturated carbocycles. The van der Waals surface area contributed by atoms with E-state index in [0.717, 1.165) is 19.3 Å². The molecule has 1 amide bonds. The number of nitrogens with one attached hydrogen (secondary N) is 1. The summed E-state index contributed by atoms with van der Waals surface area (Å²) in [5, 5.41) is 12.0. The van der Waals surface area contributed by atoms with Gasteiger partial charge in [-0.1, -0.05) is 13.8 Å². The number of carbonyl (C=O) groups is 2. The summed E-state index contributed by atoms with van der Waals surface area (Å²) in [7, 11) is 0. The second-order valence-corrected chi connectivity index (χ2v) is 5.64. The molecule has 2 rings (SSSR count). The number of carboxylic acids is 1. The predicted octanol–water partition coefficient (Wildman–Crippen LogP) is 2.33. The molecule has 1 aliphatic rings. The van der Waals surface area contributed by atoms with E-state index in [9.17, 15) is 9.59 Å². The van der Waals surface area contributed by atoms with E-state index >= 15 is 0 Å². The van der Waals surface area contributed by atoms with Crippen LogP contribution < -0.4 is 5.32 Å². The normalized spacial score (nSPS) is 26.0. The number of nitrogens with zero attached hydrogens (tertiary/aromatic N) is 1. The van der Waals surface area contributed by atoms with Gasteiger partial charge in [0.15, 0.2) is 0 Å². The minimum absolute atomic E-state index is 0.00808. The van der Waals surface area contributed by atoms with Gasteiger partial charge in [0.1, 0.15) is 5.69 Å². The molecule has 3 unspecified atom stereocenters. The Morgan fingerprint density at radius 2 is 2.05 bits per heavy atom. The van der Waals surface area contributed by atoms with Crippen LogP contribution in [0.3, 0.4) is 0 Å². The number of hydrogen-bond acceptors (Lipinski definition) is 3. The van der Waals surface area contributed by atoms with Crippen LogP contribution in [0, 0.1) is 11.8 Å². The summed E-state index contributed by atoms with van der Waals surface area (Å²) in [4.78, 5) is 27.2. The van der Waals surface area contributed by atoms with Gasteiger partial charge in [0.05, 0.1) is 5.56 Å². The van der Waals surface area contributed by atoms with Crippen molar-refractivity contribution in [2.75, 3.05) is 0 Å². The van der Waals surface area contributed by atoms with Crippen molar-refractivity contribution in [3.05, 3.63) is 29.6 Å². The molecule has 5 heteroatoms. The third-order valence-electron chi connectivity index (χ3n) is 4.19. The highest BCUT2D eigenvalue weighted by atomic mass is 16.4. The Kier molecular flexibility index (Phi) is 4.37. The van der Waals surface area contributed by atoms with E-state index < -0.39 is 11.9 Å². The molecular weight excluding hydrogens is 256 g/mol. The smallest absolute Gasteiger partial charge is 0.338 e. The van der Waals surface area contributed by atoms with E-state index in [1.54, 1.807) is 0 Å². The van der Waals surface area contributed by atoms with Gasteiger partial charge in [-0.05, 0) is 43.2 Å². The zero-order valence-corrected chi connectivity index (χ0v) is 11.8. The fourth-order valence-electron chi connectivity index (χ4n) is 2.69. The highest BCUT2D eigenvalue weighted by Crippen LogP contribution is 2.29. The van der Waals surface area contributed by atoms with Crippen molar-refractivity contribution < 1.29 is 14.7 Å². The molecule has 108 valence electrons. The molecule has 0 bridgehead atoms. The Labute approximate surface area is 118 Å². The molecule has 0 radical (unpaired) electrons. The van der Waals surface area contributed by atoms with E-state index in [2.05, 4.69) is 24.1 Å². The Hall–Kier alpha value is -1.91. The topological polar surface area (TPSA) is 79.3 Å². The van der Waals surface area contributed by atoms with Crippen LogP contribution in [-0.2, 0) is 0 Å². The molecule has 5 nitrogen and oxygen atoms in total.